The lowest BCUT2D eigenvalue weighted by atomic mass is 9.96. The van der Waals surface area contributed by atoms with Gasteiger partial charge in [-0.25, -0.2) is 0 Å². The largest absolute Gasteiger partial charge is 0.507 e. The van der Waals surface area contributed by atoms with E-state index in [0.29, 0.717) is 11.8 Å². The molecule has 0 bridgehead atoms. The second-order valence-corrected chi connectivity index (χ2v) is 6.45. The van der Waals surface area contributed by atoms with Gasteiger partial charge in [0.1, 0.15) is 5.75 Å². The molecule has 1 aliphatic rings. The number of aromatic hydroxyl groups is 1. The summed E-state index contributed by atoms with van der Waals surface area (Å²) < 4.78 is 0. The molecule has 0 spiro atoms. The molecule has 0 amide bonds. The molecule has 2 N–H and O–H groups in total. The molecule has 2 atom stereocenters. The van der Waals surface area contributed by atoms with Gasteiger partial charge in [-0.15, -0.1) is 0 Å². The average molecular weight is 283 g/mol. The molecular weight excluding hydrogens is 258 g/mol. The first kappa shape index (κ1) is 14.4. The van der Waals surface area contributed by atoms with Crippen molar-refractivity contribution in [3.05, 3.63) is 42.0 Å². The zero-order valence-electron chi connectivity index (χ0n) is 13.0. The maximum atomic E-state index is 10.6. The molecule has 0 radical (unpaired) electrons. The Labute approximate surface area is 127 Å². The lowest BCUT2D eigenvalue weighted by molar-refractivity contribution is 0.348. The second kappa shape index (κ2) is 6.07. The summed E-state index contributed by atoms with van der Waals surface area (Å²) >= 11 is 0. The van der Waals surface area contributed by atoms with E-state index in [0.717, 1.165) is 22.3 Å². The lowest BCUT2D eigenvalue weighted by Gasteiger charge is -2.26. The Kier molecular flexibility index (Phi) is 4.16. The number of fused-ring (bicyclic) bond motifs is 1. The Bertz CT molecular complexity index is 616. The monoisotopic (exact) mass is 283 g/mol. The van der Waals surface area contributed by atoms with Crippen molar-refractivity contribution < 1.29 is 5.11 Å². The Morgan fingerprint density at radius 1 is 1.05 bits per heavy atom. The van der Waals surface area contributed by atoms with Crippen LogP contribution in [0.25, 0.3) is 10.8 Å². The highest BCUT2D eigenvalue weighted by Gasteiger charge is 2.23. The normalized spacial score (nSPS) is 19.0. The average Bonchev–Trinajstić information content (AvgIpc) is 3.02. The highest BCUT2D eigenvalue weighted by atomic mass is 16.3. The summed E-state index contributed by atoms with van der Waals surface area (Å²) in [6.07, 6.45) is 5.41. The molecule has 1 unspecified atom stereocenters. The van der Waals surface area contributed by atoms with Crippen LogP contribution in [0.3, 0.4) is 0 Å². The van der Waals surface area contributed by atoms with Crippen molar-refractivity contribution in [3.8, 4) is 5.75 Å². The van der Waals surface area contributed by atoms with Gasteiger partial charge in [0.25, 0.3) is 0 Å². The quantitative estimate of drug-likeness (QED) is 0.846. The number of phenols is 1. The van der Waals surface area contributed by atoms with Crippen molar-refractivity contribution in [1.29, 1.82) is 0 Å². The van der Waals surface area contributed by atoms with Crippen LogP contribution in [0.1, 0.15) is 51.1 Å². The number of hydrogen-bond acceptors (Lipinski definition) is 2. The number of phenolic OH excluding ortho intramolecular Hbond substituents is 1. The van der Waals surface area contributed by atoms with Gasteiger partial charge in [0.05, 0.1) is 0 Å². The summed E-state index contributed by atoms with van der Waals surface area (Å²) in [6.45, 7) is 4.43. The predicted octanol–water partition coefficient (Wildman–Crippen LogP) is 4.77. The van der Waals surface area contributed by atoms with Crippen molar-refractivity contribution >= 4 is 10.8 Å². The first-order valence-corrected chi connectivity index (χ1v) is 8.13. The van der Waals surface area contributed by atoms with E-state index in [4.69, 9.17) is 0 Å². The summed E-state index contributed by atoms with van der Waals surface area (Å²) in [5.41, 5.74) is 0.999. The fourth-order valence-corrected chi connectivity index (χ4v) is 3.70. The van der Waals surface area contributed by atoms with Gasteiger partial charge in [0.2, 0.25) is 0 Å². The zero-order chi connectivity index (χ0) is 14.8. The van der Waals surface area contributed by atoms with E-state index in [2.05, 4.69) is 31.3 Å². The van der Waals surface area contributed by atoms with E-state index in [9.17, 15) is 5.11 Å². The first-order valence-electron chi connectivity index (χ1n) is 8.13. The van der Waals surface area contributed by atoms with Crippen LogP contribution in [0.2, 0.25) is 0 Å². The number of nitrogens with one attached hydrogen (secondary N) is 1. The van der Waals surface area contributed by atoms with E-state index >= 15 is 0 Å². The van der Waals surface area contributed by atoms with E-state index < -0.39 is 0 Å². The van der Waals surface area contributed by atoms with Gasteiger partial charge in [0.15, 0.2) is 0 Å². The molecule has 3 rings (SSSR count). The first-order chi connectivity index (χ1) is 10.2. The molecule has 0 heterocycles. The fourth-order valence-electron chi connectivity index (χ4n) is 3.70. The fraction of sp³-hybridized carbons (Fsp3) is 0.474. The Morgan fingerprint density at radius 2 is 1.76 bits per heavy atom. The van der Waals surface area contributed by atoms with Crippen molar-refractivity contribution in [2.45, 2.75) is 51.6 Å². The Morgan fingerprint density at radius 3 is 2.52 bits per heavy atom. The van der Waals surface area contributed by atoms with E-state index in [1.165, 1.54) is 25.7 Å². The Balaban J connectivity index is 1.80. The van der Waals surface area contributed by atoms with Crippen LogP contribution in [0.4, 0.5) is 0 Å². The standard InChI is InChI=1S/C19H25NO/c1-13(15-7-3-4-8-15)20-14(2)17-12-11-16-9-5-6-10-18(16)19(17)21/h5-6,9-15,20-21H,3-4,7-8H2,1-2H3/t13-,14?/m0/s1. The predicted molar refractivity (Wildman–Crippen MR) is 88.6 cm³/mol. The third kappa shape index (κ3) is 2.91. The zero-order valence-corrected chi connectivity index (χ0v) is 13.0. The molecular formula is C19H25NO. The molecule has 0 aliphatic heterocycles. The molecule has 2 heteroatoms. The van der Waals surface area contributed by atoms with Crippen molar-refractivity contribution in [3.63, 3.8) is 0 Å². The van der Waals surface area contributed by atoms with E-state index in [1.807, 2.05) is 24.3 Å². The highest BCUT2D eigenvalue weighted by Crippen LogP contribution is 2.34. The van der Waals surface area contributed by atoms with Crippen LogP contribution in [-0.4, -0.2) is 11.1 Å². The van der Waals surface area contributed by atoms with Gasteiger partial charge in [-0.1, -0.05) is 49.2 Å². The van der Waals surface area contributed by atoms with Gasteiger partial charge in [-0.2, -0.15) is 0 Å². The second-order valence-electron chi connectivity index (χ2n) is 6.45. The van der Waals surface area contributed by atoms with Gasteiger partial charge in [-0.3, -0.25) is 0 Å². The molecule has 1 aliphatic carbocycles. The molecule has 1 saturated carbocycles. The smallest absolute Gasteiger partial charge is 0.128 e. The third-order valence-electron chi connectivity index (χ3n) is 5.02. The number of rotatable bonds is 4. The van der Waals surface area contributed by atoms with Gasteiger partial charge >= 0.3 is 0 Å². The molecule has 2 nitrogen and oxygen atoms in total. The topological polar surface area (TPSA) is 32.3 Å². The van der Waals surface area contributed by atoms with Crippen molar-refractivity contribution in [2.24, 2.45) is 5.92 Å². The summed E-state index contributed by atoms with van der Waals surface area (Å²) in [5.74, 6) is 1.21. The van der Waals surface area contributed by atoms with Crippen LogP contribution >= 0.6 is 0 Å². The van der Waals surface area contributed by atoms with Crippen molar-refractivity contribution in [2.75, 3.05) is 0 Å². The van der Waals surface area contributed by atoms with Crippen LogP contribution in [-0.2, 0) is 0 Å². The SMILES string of the molecule is CC(N[C@@H](C)C1CCCC1)c1ccc2ccccc2c1O. The minimum atomic E-state index is 0.171. The number of hydrogen-bond donors (Lipinski definition) is 2. The minimum absolute atomic E-state index is 0.171. The minimum Gasteiger partial charge on any atom is -0.507 e. The van der Waals surface area contributed by atoms with Crippen LogP contribution in [0.5, 0.6) is 5.75 Å². The molecule has 112 valence electrons. The van der Waals surface area contributed by atoms with Crippen molar-refractivity contribution in [1.82, 2.24) is 5.32 Å². The van der Waals surface area contributed by atoms with E-state index in [1.54, 1.807) is 0 Å². The van der Waals surface area contributed by atoms with E-state index in [-0.39, 0.29) is 6.04 Å². The summed E-state index contributed by atoms with van der Waals surface area (Å²) in [5, 5.41) is 16.3. The molecule has 2 aromatic rings. The molecule has 2 aromatic carbocycles. The third-order valence-corrected chi connectivity index (χ3v) is 5.02. The molecule has 21 heavy (non-hydrogen) atoms. The summed E-state index contributed by atoms with van der Waals surface area (Å²) in [7, 11) is 0. The van der Waals surface area contributed by atoms with Crippen LogP contribution in [0.15, 0.2) is 36.4 Å². The van der Waals surface area contributed by atoms with Gasteiger partial charge < -0.3 is 10.4 Å². The summed E-state index contributed by atoms with van der Waals surface area (Å²) in [4.78, 5) is 0. The number of benzene rings is 2. The molecule has 0 aromatic heterocycles. The van der Waals surface area contributed by atoms with Crippen LogP contribution < -0.4 is 5.32 Å². The summed E-state index contributed by atoms with van der Waals surface area (Å²) in [6, 6.07) is 12.8. The molecule has 1 fully saturated rings. The Hall–Kier alpha value is -1.54. The highest BCUT2D eigenvalue weighted by molar-refractivity contribution is 5.89. The van der Waals surface area contributed by atoms with Gasteiger partial charge in [-0.05, 0) is 38.0 Å². The molecule has 0 saturated heterocycles. The maximum absolute atomic E-state index is 10.6. The lowest BCUT2D eigenvalue weighted by Crippen LogP contribution is -2.34. The van der Waals surface area contributed by atoms with Gasteiger partial charge in [0, 0.05) is 23.0 Å². The van der Waals surface area contributed by atoms with Crippen LogP contribution in [0, 0.1) is 5.92 Å². The maximum Gasteiger partial charge on any atom is 0.128 e.